The molecule has 0 saturated carbocycles. The number of unbranched alkanes of at least 4 members (excludes halogenated alkanes) is 1. The third kappa shape index (κ3) is 28.3. The van der Waals surface area contributed by atoms with Crippen LogP contribution in [0.4, 0.5) is 0 Å². The maximum absolute atomic E-state index is 14.1. The third-order valence-electron chi connectivity index (χ3n) is 15.6. The second-order valence-electron chi connectivity index (χ2n) is 22.5. The zero-order valence-corrected chi connectivity index (χ0v) is 51.1. The molecule has 0 aromatic rings. The summed E-state index contributed by atoms with van der Waals surface area (Å²) >= 11 is 0. The Balaban J connectivity index is 1.84. The lowest BCUT2D eigenvalue weighted by molar-refractivity contribution is -0.360. The monoisotopic (exact) mass is 1290 g/mol. The van der Waals surface area contributed by atoms with Gasteiger partial charge in [-0.15, -0.1) is 0 Å². The Morgan fingerprint density at radius 2 is 0.955 bits per heavy atom. The van der Waals surface area contributed by atoms with E-state index in [0.717, 1.165) is 9.80 Å². The minimum atomic E-state index is -1.99. The molecule has 522 valence electrons. The highest BCUT2D eigenvalue weighted by Gasteiger charge is 2.51. The minimum absolute atomic E-state index is 0.0432. The second-order valence-corrected chi connectivity index (χ2v) is 22.5. The fraction of sp³-hybridized carbons (Fsp3) is 0.962. The summed E-state index contributed by atoms with van der Waals surface area (Å²) in [6.45, 7) is 2.31. The Kier molecular flexibility index (Phi) is 40.2. The van der Waals surface area contributed by atoms with Gasteiger partial charge in [-0.05, 0) is 64.3 Å². The van der Waals surface area contributed by atoms with Crippen LogP contribution in [0.1, 0.15) is 98.3 Å². The molecule has 35 heteroatoms. The van der Waals surface area contributed by atoms with E-state index in [-0.39, 0.29) is 90.9 Å². The SMILES string of the molecule is CCCC(CC)(NCC(O)NCC(N)O)C(=O)CN(CC(O)O)C(O)CNC(O)CNC(CC)(CCC)C(=O)CN(CC(O)O)C(O)CNC(O)CNC(O)CCCCC(O)NCCCO[C@@H]1OC(CO)[C@H](O)C(O[C@H]2OC(CO)[C@H](O)C(O)C2O)C1O. The van der Waals surface area contributed by atoms with E-state index in [1.54, 1.807) is 13.8 Å². The first-order valence-corrected chi connectivity index (χ1v) is 30.4. The molecule has 2 aliphatic rings. The minimum Gasteiger partial charge on any atom is -0.394 e. The van der Waals surface area contributed by atoms with Crippen molar-refractivity contribution in [2.24, 2.45) is 5.73 Å². The van der Waals surface area contributed by atoms with Crippen molar-refractivity contribution >= 4 is 11.6 Å². The molecule has 28 N–H and O–H groups in total. The van der Waals surface area contributed by atoms with Gasteiger partial charge in [0.25, 0.3) is 0 Å². The molecule has 2 fully saturated rings. The highest BCUT2D eigenvalue weighted by atomic mass is 16.7. The lowest BCUT2D eigenvalue weighted by Crippen LogP contribution is -2.64. The number of hydrogen-bond donors (Lipinski definition) is 27. The highest BCUT2D eigenvalue weighted by molar-refractivity contribution is 5.90. The molecule has 0 aliphatic carbocycles. The molecule has 0 aromatic heterocycles. The maximum Gasteiger partial charge on any atom is 0.187 e. The summed E-state index contributed by atoms with van der Waals surface area (Å²) in [5, 5.41) is 216. The van der Waals surface area contributed by atoms with E-state index in [1.165, 1.54) is 0 Å². The number of nitrogens with one attached hydrogen (secondary N) is 7. The van der Waals surface area contributed by atoms with E-state index in [0.29, 0.717) is 32.1 Å². The predicted molar refractivity (Wildman–Crippen MR) is 309 cm³/mol. The van der Waals surface area contributed by atoms with Gasteiger partial charge >= 0.3 is 0 Å². The van der Waals surface area contributed by atoms with E-state index < -0.39 is 186 Å². The number of nitrogens with two attached hydrogens (primary N) is 1. The first kappa shape index (κ1) is 82.1. The molecule has 2 rings (SSSR count). The largest absolute Gasteiger partial charge is 0.394 e. The fourth-order valence-corrected chi connectivity index (χ4v) is 10.3. The van der Waals surface area contributed by atoms with Gasteiger partial charge in [-0.3, -0.25) is 46.0 Å². The molecule has 0 amide bonds. The number of β-amino-alcohol motifs (C(OH)–C–C–N with tert-alkyl or cyclic N) is 2. The van der Waals surface area contributed by atoms with Crippen molar-refractivity contribution in [2.45, 2.75) is 233 Å². The number of carbonyl (C=O) groups is 2. The van der Waals surface area contributed by atoms with E-state index in [1.807, 2.05) is 13.8 Å². The topological polar surface area (TPSA) is 572 Å². The zero-order valence-electron chi connectivity index (χ0n) is 51.1. The van der Waals surface area contributed by atoms with Gasteiger partial charge < -0.3 is 132 Å². The number of hydrogen-bond acceptors (Lipinski definition) is 35. The lowest BCUT2D eigenvalue weighted by atomic mass is 9.85. The van der Waals surface area contributed by atoms with Crippen LogP contribution in [0.2, 0.25) is 0 Å². The molecule has 0 radical (unpaired) electrons. The normalized spacial score (nSPS) is 27.0. The second kappa shape index (κ2) is 43.1. The molecule has 16 unspecified atom stereocenters. The van der Waals surface area contributed by atoms with Crippen molar-refractivity contribution in [1.29, 1.82) is 0 Å². The Morgan fingerprint density at radius 1 is 0.523 bits per heavy atom. The van der Waals surface area contributed by atoms with E-state index in [9.17, 15) is 107 Å². The van der Waals surface area contributed by atoms with Gasteiger partial charge in [0.05, 0.1) is 57.1 Å². The van der Waals surface area contributed by atoms with Crippen molar-refractivity contribution in [3.63, 3.8) is 0 Å². The summed E-state index contributed by atoms with van der Waals surface area (Å²) in [6.07, 6.45) is -26.4. The highest BCUT2D eigenvalue weighted by Crippen LogP contribution is 2.30. The predicted octanol–water partition coefficient (Wildman–Crippen LogP) is -11.5. The Hall–Kier alpha value is -1.98. The first-order valence-electron chi connectivity index (χ1n) is 30.4. The Morgan fingerprint density at radius 3 is 1.40 bits per heavy atom. The summed E-state index contributed by atoms with van der Waals surface area (Å²) in [5.74, 6) is -0.912. The molecule has 0 spiro atoms. The molecule has 35 nitrogen and oxygen atoms in total. The van der Waals surface area contributed by atoms with Gasteiger partial charge in [-0.25, -0.2) is 0 Å². The molecule has 20 atom stereocenters. The van der Waals surface area contributed by atoms with Crippen LogP contribution >= 0.6 is 0 Å². The molecule has 2 saturated heterocycles. The number of rotatable bonds is 51. The van der Waals surface area contributed by atoms with Crippen LogP contribution in [0.5, 0.6) is 0 Å². The van der Waals surface area contributed by atoms with Crippen molar-refractivity contribution in [3.8, 4) is 0 Å². The number of ether oxygens (including phenoxy) is 4. The number of Topliss-reactive ketones (excluding diaryl/α,β-unsaturated/α-hetero) is 2. The van der Waals surface area contributed by atoms with Crippen molar-refractivity contribution in [1.82, 2.24) is 47.0 Å². The van der Waals surface area contributed by atoms with Gasteiger partial charge in [-0.2, -0.15) is 0 Å². The standard InChI is InChI=1S/C53H110N10O25/c1-5-14-52(7-3,60-20-38(72)56-18-34(54)68)32(66)25-63(27-43(78)79)41(75)23-59-39(73)21-61-53(8-4,15-6-2)33(67)24-62(26-42(76)77)40(74)22-58-37(71)19-57-36(70)13-10-9-12-35(69)55-16-11-17-85-50-48(84)49(45(81)31(29-65)86-50)88-51-47(83)46(82)44(80)30(28-64)87-51/h30-31,34-51,55-61,64-65,68-84H,5-29,54H2,1-4H3/t30?,31?,34?,35?,36?,37?,38?,39?,40?,41?,44-,45-,46?,47?,48?,49?,50+,51+,52?,53?/m0/s1. The van der Waals surface area contributed by atoms with Crippen LogP contribution in [-0.2, 0) is 28.5 Å². The smallest absolute Gasteiger partial charge is 0.187 e. The molecular formula is C53H110N10O25. The molecule has 0 bridgehead atoms. The van der Waals surface area contributed by atoms with Crippen LogP contribution < -0.4 is 43.0 Å². The molecule has 0 aromatic carbocycles. The molecule has 88 heavy (non-hydrogen) atoms. The van der Waals surface area contributed by atoms with Crippen LogP contribution in [0.25, 0.3) is 0 Å². The quantitative estimate of drug-likeness (QED) is 0.0199. The van der Waals surface area contributed by atoms with Crippen molar-refractivity contribution in [2.75, 3.05) is 91.8 Å². The zero-order chi connectivity index (χ0) is 66.3. The summed E-state index contributed by atoms with van der Waals surface area (Å²) in [4.78, 5) is 30.2. The number of aliphatic hydroxyl groups is 19. The summed E-state index contributed by atoms with van der Waals surface area (Å²) < 4.78 is 22.0. The number of carbonyl (C=O) groups excluding carboxylic acids is 2. The van der Waals surface area contributed by atoms with Crippen molar-refractivity contribution in [3.05, 3.63) is 0 Å². The lowest BCUT2D eigenvalue weighted by Gasteiger charge is -2.45. The number of ketones is 2. The van der Waals surface area contributed by atoms with Gasteiger partial charge in [0.15, 0.2) is 36.7 Å². The molecule has 2 aliphatic heterocycles. The van der Waals surface area contributed by atoms with E-state index >= 15 is 0 Å². The molecular weight excluding hydrogens is 1180 g/mol. The van der Waals surface area contributed by atoms with Crippen LogP contribution in [-0.4, -0.2) is 345 Å². The third-order valence-corrected chi connectivity index (χ3v) is 15.6. The van der Waals surface area contributed by atoms with Crippen molar-refractivity contribution < 1.29 is 126 Å². The van der Waals surface area contributed by atoms with Gasteiger partial charge in [0.1, 0.15) is 98.7 Å². The van der Waals surface area contributed by atoms with E-state index in [2.05, 4.69) is 37.2 Å². The van der Waals surface area contributed by atoms with Crippen LogP contribution in [0, 0.1) is 0 Å². The summed E-state index contributed by atoms with van der Waals surface area (Å²) in [5.41, 5.74) is 2.82. The average Bonchev–Trinajstić information content (AvgIpc) is 3.25. The fourth-order valence-electron chi connectivity index (χ4n) is 10.3. The Labute approximate surface area is 513 Å². The van der Waals surface area contributed by atoms with Gasteiger partial charge in [-0.1, -0.05) is 40.5 Å². The van der Waals surface area contributed by atoms with Crippen LogP contribution in [0.3, 0.4) is 0 Å². The number of aliphatic hydroxyl groups excluding tert-OH is 17. The van der Waals surface area contributed by atoms with Gasteiger partial charge in [0, 0.05) is 39.3 Å². The first-order chi connectivity index (χ1) is 41.6. The summed E-state index contributed by atoms with van der Waals surface area (Å²) in [7, 11) is 0. The summed E-state index contributed by atoms with van der Waals surface area (Å²) in [6, 6.07) is 0. The van der Waals surface area contributed by atoms with E-state index in [4.69, 9.17) is 24.7 Å². The average molecular weight is 1290 g/mol. The molecule has 2 heterocycles. The maximum atomic E-state index is 14.1. The number of nitrogens with zero attached hydrogens (tertiary/aromatic N) is 2. The van der Waals surface area contributed by atoms with Crippen LogP contribution in [0.15, 0.2) is 0 Å². The Bertz CT molecular complexity index is 1860. The van der Waals surface area contributed by atoms with Gasteiger partial charge in [0.2, 0.25) is 0 Å².